The topological polar surface area (TPSA) is 121 Å². The molecule has 1 atom stereocenters. The fraction of sp³-hybridized carbons (Fsp3) is 0.375. The molecule has 6 heteroatoms. The van der Waals surface area contributed by atoms with Crippen LogP contribution in [0, 0.1) is 5.92 Å². The summed E-state index contributed by atoms with van der Waals surface area (Å²) in [5, 5.41) is 58.9. The average molecular weight is 308 g/mol. The zero-order valence-corrected chi connectivity index (χ0v) is 12.0. The van der Waals surface area contributed by atoms with Gasteiger partial charge in [0.05, 0.1) is 32.3 Å². The molecule has 6 N–H and O–H groups in total. The normalized spacial score (nSPS) is 21.5. The van der Waals surface area contributed by atoms with Gasteiger partial charge in [-0.05, 0) is 22.3 Å². The summed E-state index contributed by atoms with van der Waals surface area (Å²) >= 11 is 0. The van der Waals surface area contributed by atoms with Crippen LogP contribution in [0.1, 0.15) is 5.56 Å². The molecule has 1 aliphatic carbocycles. The van der Waals surface area contributed by atoms with Crippen molar-refractivity contribution in [2.75, 3.05) is 26.4 Å². The second-order valence-corrected chi connectivity index (χ2v) is 5.16. The third kappa shape index (κ3) is 2.61. The Morgan fingerprint density at radius 3 is 1.95 bits per heavy atom. The molecule has 0 bridgehead atoms. The van der Waals surface area contributed by atoms with Gasteiger partial charge in [0.1, 0.15) is 0 Å². The summed E-state index contributed by atoms with van der Waals surface area (Å²) in [7, 11) is 0. The Bertz CT molecular complexity index is 588. The van der Waals surface area contributed by atoms with E-state index in [0.717, 1.165) is 0 Å². The van der Waals surface area contributed by atoms with E-state index in [2.05, 4.69) is 0 Å². The molecule has 0 spiro atoms. The van der Waals surface area contributed by atoms with Crippen LogP contribution >= 0.6 is 0 Å². The zero-order valence-electron chi connectivity index (χ0n) is 12.0. The predicted molar refractivity (Wildman–Crippen MR) is 79.4 cm³/mol. The Morgan fingerprint density at radius 1 is 0.864 bits per heavy atom. The fourth-order valence-electron chi connectivity index (χ4n) is 2.97. The van der Waals surface area contributed by atoms with Crippen molar-refractivity contribution in [3.05, 3.63) is 52.6 Å². The van der Waals surface area contributed by atoms with Gasteiger partial charge in [-0.2, -0.15) is 0 Å². The van der Waals surface area contributed by atoms with Crippen molar-refractivity contribution in [2.24, 2.45) is 5.92 Å². The number of hydrogen-bond donors (Lipinski definition) is 6. The summed E-state index contributed by atoms with van der Waals surface area (Å²) in [5.41, 5.74) is 1.25. The smallest absolute Gasteiger partial charge is 0.197 e. The summed E-state index contributed by atoms with van der Waals surface area (Å²) in [4.78, 5) is 0. The standard InChI is InChI=1S/C16H20O6/c17-6-11-13(8-19)16(21,22)14(9-20)12(7-18)15(11)10-4-2-1-3-5-10/h1-5,13,17-22H,6-9H2. The Balaban J connectivity index is 2.78. The van der Waals surface area contributed by atoms with E-state index in [4.69, 9.17) is 0 Å². The molecular weight excluding hydrogens is 288 g/mol. The van der Waals surface area contributed by atoms with E-state index in [1.165, 1.54) is 0 Å². The van der Waals surface area contributed by atoms with E-state index in [1.54, 1.807) is 30.3 Å². The maximum absolute atomic E-state index is 10.3. The minimum absolute atomic E-state index is 0.146. The number of aliphatic hydroxyl groups is 6. The fourth-order valence-corrected chi connectivity index (χ4v) is 2.97. The number of benzene rings is 1. The molecule has 6 nitrogen and oxygen atoms in total. The molecule has 1 aromatic rings. The van der Waals surface area contributed by atoms with Gasteiger partial charge in [-0.1, -0.05) is 30.3 Å². The predicted octanol–water partition coefficient (Wildman–Crippen LogP) is -0.983. The molecule has 0 radical (unpaired) electrons. The first-order valence-corrected chi connectivity index (χ1v) is 6.92. The Kier molecular flexibility index (Phi) is 5.12. The van der Waals surface area contributed by atoms with Crippen molar-refractivity contribution in [2.45, 2.75) is 5.79 Å². The van der Waals surface area contributed by atoms with Crippen molar-refractivity contribution in [3.63, 3.8) is 0 Å². The van der Waals surface area contributed by atoms with Crippen LogP contribution in [0.5, 0.6) is 0 Å². The first-order valence-electron chi connectivity index (χ1n) is 6.92. The molecule has 1 unspecified atom stereocenters. The number of aliphatic hydroxyl groups excluding tert-OH is 4. The van der Waals surface area contributed by atoms with E-state index >= 15 is 0 Å². The van der Waals surface area contributed by atoms with Crippen LogP contribution in [0.4, 0.5) is 0 Å². The highest BCUT2D eigenvalue weighted by molar-refractivity contribution is 5.85. The highest BCUT2D eigenvalue weighted by Crippen LogP contribution is 2.43. The lowest BCUT2D eigenvalue weighted by molar-refractivity contribution is -0.174. The Hall–Kier alpha value is -1.54. The molecule has 0 aromatic heterocycles. The largest absolute Gasteiger partial charge is 0.396 e. The molecule has 1 aliphatic rings. The van der Waals surface area contributed by atoms with Crippen LogP contribution < -0.4 is 0 Å². The second-order valence-electron chi connectivity index (χ2n) is 5.16. The van der Waals surface area contributed by atoms with Gasteiger partial charge >= 0.3 is 0 Å². The van der Waals surface area contributed by atoms with Crippen LogP contribution in [0.2, 0.25) is 0 Å². The quantitative estimate of drug-likeness (QED) is 0.389. The van der Waals surface area contributed by atoms with Crippen molar-refractivity contribution in [1.82, 2.24) is 0 Å². The molecule has 0 fully saturated rings. The van der Waals surface area contributed by atoms with Gasteiger partial charge in [0.15, 0.2) is 5.79 Å². The molecule has 0 amide bonds. The van der Waals surface area contributed by atoms with Crippen LogP contribution in [0.3, 0.4) is 0 Å². The molecule has 1 aromatic carbocycles. The summed E-state index contributed by atoms with van der Waals surface area (Å²) in [5.74, 6) is -3.72. The van der Waals surface area contributed by atoms with Crippen molar-refractivity contribution >= 4 is 5.57 Å². The van der Waals surface area contributed by atoms with Crippen LogP contribution in [0.15, 0.2) is 47.1 Å². The third-order valence-corrected chi connectivity index (χ3v) is 4.07. The van der Waals surface area contributed by atoms with Gasteiger partial charge in [0.2, 0.25) is 0 Å². The van der Waals surface area contributed by atoms with Crippen LogP contribution in [-0.2, 0) is 0 Å². The van der Waals surface area contributed by atoms with Crippen molar-refractivity contribution in [1.29, 1.82) is 0 Å². The highest BCUT2D eigenvalue weighted by atomic mass is 16.5. The average Bonchev–Trinajstić information content (AvgIpc) is 2.53. The van der Waals surface area contributed by atoms with Gasteiger partial charge in [-0.25, -0.2) is 0 Å². The maximum Gasteiger partial charge on any atom is 0.197 e. The zero-order chi connectivity index (χ0) is 16.3. The summed E-state index contributed by atoms with van der Waals surface area (Å²) in [6.07, 6.45) is 0. The second kappa shape index (κ2) is 6.70. The lowest BCUT2D eigenvalue weighted by Gasteiger charge is -2.40. The Labute approximate surface area is 127 Å². The first-order chi connectivity index (χ1) is 10.5. The van der Waals surface area contributed by atoms with Gasteiger partial charge in [-0.3, -0.25) is 0 Å². The number of hydrogen-bond acceptors (Lipinski definition) is 6. The van der Waals surface area contributed by atoms with Gasteiger partial charge in [-0.15, -0.1) is 0 Å². The lowest BCUT2D eigenvalue weighted by atomic mass is 9.73. The molecule has 2 rings (SSSR count). The highest BCUT2D eigenvalue weighted by Gasteiger charge is 2.46. The molecule has 120 valence electrons. The molecule has 0 saturated heterocycles. The van der Waals surface area contributed by atoms with Crippen molar-refractivity contribution < 1.29 is 30.6 Å². The van der Waals surface area contributed by atoms with E-state index < -0.39 is 38.1 Å². The maximum atomic E-state index is 10.3. The Morgan fingerprint density at radius 2 is 1.50 bits per heavy atom. The van der Waals surface area contributed by atoms with Gasteiger partial charge in [0.25, 0.3) is 0 Å². The van der Waals surface area contributed by atoms with Gasteiger partial charge in [0, 0.05) is 5.57 Å². The van der Waals surface area contributed by atoms with E-state index in [1.807, 2.05) is 0 Å². The molecule has 0 saturated carbocycles. The van der Waals surface area contributed by atoms with Crippen molar-refractivity contribution in [3.8, 4) is 0 Å². The minimum Gasteiger partial charge on any atom is -0.396 e. The summed E-state index contributed by atoms with van der Waals surface area (Å²) in [6, 6.07) is 8.81. The first kappa shape index (κ1) is 16.8. The molecular formula is C16H20O6. The van der Waals surface area contributed by atoms with E-state index in [9.17, 15) is 30.6 Å². The third-order valence-electron chi connectivity index (χ3n) is 4.07. The SMILES string of the molecule is OCC1=C(CO)C(O)(O)C(CO)C(CO)=C1c1ccccc1. The molecule has 0 aliphatic heterocycles. The number of rotatable bonds is 5. The van der Waals surface area contributed by atoms with Crippen LogP contribution in [0.25, 0.3) is 5.57 Å². The minimum atomic E-state index is -2.53. The summed E-state index contributed by atoms with van der Waals surface area (Å²) in [6.45, 7) is -2.36. The molecule has 0 heterocycles. The monoisotopic (exact) mass is 308 g/mol. The summed E-state index contributed by atoms with van der Waals surface area (Å²) < 4.78 is 0. The lowest BCUT2D eigenvalue weighted by Crippen LogP contribution is -2.48. The van der Waals surface area contributed by atoms with Gasteiger partial charge < -0.3 is 30.6 Å². The van der Waals surface area contributed by atoms with E-state index in [0.29, 0.717) is 11.1 Å². The molecule has 22 heavy (non-hydrogen) atoms. The van der Waals surface area contributed by atoms with E-state index in [-0.39, 0.29) is 16.7 Å². The van der Waals surface area contributed by atoms with Crippen LogP contribution in [-0.4, -0.2) is 62.9 Å².